The first-order valence-corrected chi connectivity index (χ1v) is 10.3. The molecule has 1 heterocycles. The summed E-state index contributed by atoms with van der Waals surface area (Å²) in [6, 6.07) is 15.0. The van der Waals surface area contributed by atoms with Crippen LogP contribution in [-0.4, -0.2) is 20.7 Å². The van der Waals surface area contributed by atoms with Crippen molar-refractivity contribution in [2.45, 2.75) is 50.6 Å². The summed E-state index contributed by atoms with van der Waals surface area (Å²) < 4.78 is 1.71. The number of benzene rings is 2. The predicted molar refractivity (Wildman–Crippen MR) is 116 cm³/mol. The molecular weight excluding hydrogens is 370 g/mol. The molecule has 28 heavy (non-hydrogen) atoms. The fourth-order valence-electron chi connectivity index (χ4n) is 2.96. The Morgan fingerprint density at radius 2 is 1.93 bits per heavy atom. The maximum atomic E-state index is 13.0. The van der Waals surface area contributed by atoms with Crippen LogP contribution in [0.15, 0.2) is 58.5 Å². The van der Waals surface area contributed by atoms with Crippen molar-refractivity contribution in [3.05, 3.63) is 64.4 Å². The number of hydrogen-bond donors (Lipinski definition) is 1. The van der Waals surface area contributed by atoms with Crippen molar-refractivity contribution in [3.63, 3.8) is 0 Å². The highest BCUT2D eigenvalue weighted by Gasteiger charge is 2.21. The molecule has 0 fully saturated rings. The van der Waals surface area contributed by atoms with Crippen LogP contribution in [0.5, 0.6) is 0 Å². The third-order valence-corrected chi connectivity index (χ3v) is 5.81. The van der Waals surface area contributed by atoms with Crippen molar-refractivity contribution in [1.82, 2.24) is 9.55 Å². The second-order valence-corrected chi connectivity index (χ2v) is 8.27. The Bertz CT molecular complexity index is 1060. The van der Waals surface area contributed by atoms with E-state index in [1.54, 1.807) is 10.6 Å². The minimum atomic E-state index is -0.399. The first kappa shape index (κ1) is 20.1. The second-order valence-electron chi connectivity index (χ2n) is 6.96. The van der Waals surface area contributed by atoms with Gasteiger partial charge < -0.3 is 5.32 Å². The number of anilines is 1. The SMILES string of the molecule is CC[C@H](C)n1c(S[C@H](C)C(=O)Nc2cccc(C)c2)nc2ccccc2c1=O. The highest BCUT2D eigenvalue weighted by molar-refractivity contribution is 8.00. The number of carbonyl (C=O) groups excluding carboxylic acids is 1. The molecule has 5 nitrogen and oxygen atoms in total. The molecule has 1 amide bonds. The Hall–Kier alpha value is -2.60. The topological polar surface area (TPSA) is 64.0 Å². The molecule has 0 bridgehead atoms. The number of fused-ring (bicyclic) bond motifs is 1. The fourth-order valence-corrected chi connectivity index (χ4v) is 3.97. The molecule has 0 saturated carbocycles. The van der Waals surface area contributed by atoms with Crippen molar-refractivity contribution in [1.29, 1.82) is 0 Å². The lowest BCUT2D eigenvalue weighted by molar-refractivity contribution is -0.115. The van der Waals surface area contributed by atoms with Gasteiger partial charge in [-0.1, -0.05) is 43.0 Å². The molecule has 146 valence electrons. The summed E-state index contributed by atoms with van der Waals surface area (Å²) in [5, 5.41) is 3.72. The monoisotopic (exact) mass is 395 g/mol. The summed E-state index contributed by atoms with van der Waals surface area (Å²) in [5.41, 5.74) is 2.44. The molecule has 0 unspecified atom stereocenters. The van der Waals surface area contributed by atoms with Crippen molar-refractivity contribution in [2.24, 2.45) is 0 Å². The van der Waals surface area contributed by atoms with Crippen molar-refractivity contribution < 1.29 is 4.79 Å². The lowest BCUT2D eigenvalue weighted by Crippen LogP contribution is -2.28. The van der Waals surface area contributed by atoms with Crippen molar-refractivity contribution in [3.8, 4) is 0 Å². The maximum Gasteiger partial charge on any atom is 0.262 e. The number of carbonyl (C=O) groups is 1. The minimum Gasteiger partial charge on any atom is -0.325 e. The number of amides is 1. The van der Waals surface area contributed by atoms with Crippen molar-refractivity contribution in [2.75, 3.05) is 5.32 Å². The Labute approximate surface area is 169 Å². The smallest absolute Gasteiger partial charge is 0.262 e. The standard InChI is InChI=1S/C22H25N3O2S/c1-5-15(3)25-21(27)18-11-6-7-12-19(18)24-22(25)28-16(4)20(26)23-17-10-8-9-14(2)13-17/h6-13,15-16H,5H2,1-4H3,(H,23,26)/t15-,16+/m0/s1. The van der Waals surface area contributed by atoms with Crippen LogP contribution in [0.2, 0.25) is 0 Å². The van der Waals surface area contributed by atoms with Gasteiger partial charge >= 0.3 is 0 Å². The Kier molecular flexibility index (Phi) is 6.19. The number of nitrogens with zero attached hydrogens (tertiary/aromatic N) is 2. The lowest BCUT2D eigenvalue weighted by Gasteiger charge is -2.20. The molecule has 0 radical (unpaired) electrons. The fraction of sp³-hybridized carbons (Fsp3) is 0.318. The van der Waals surface area contributed by atoms with E-state index in [4.69, 9.17) is 4.98 Å². The van der Waals surface area contributed by atoms with Gasteiger partial charge in [-0.3, -0.25) is 14.2 Å². The molecule has 0 aliphatic carbocycles. The molecular formula is C22H25N3O2S. The summed E-state index contributed by atoms with van der Waals surface area (Å²) in [6.07, 6.45) is 0.803. The predicted octanol–water partition coefficient (Wildman–Crippen LogP) is 4.80. The van der Waals surface area contributed by atoms with Gasteiger partial charge in [0.25, 0.3) is 5.56 Å². The number of para-hydroxylation sites is 1. The van der Waals surface area contributed by atoms with Gasteiger partial charge in [0.15, 0.2) is 5.16 Å². The van der Waals surface area contributed by atoms with Gasteiger partial charge in [-0.05, 0) is 57.0 Å². The number of aryl methyl sites for hydroxylation is 1. The number of nitrogens with one attached hydrogen (secondary N) is 1. The van der Waals surface area contributed by atoms with E-state index in [0.717, 1.165) is 17.7 Å². The lowest BCUT2D eigenvalue weighted by atomic mass is 10.2. The van der Waals surface area contributed by atoms with E-state index in [0.29, 0.717) is 16.1 Å². The van der Waals surface area contributed by atoms with E-state index >= 15 is 0 Å². The minimum absolute atomic E-state index is 0.000796. The maximum absolute atomic E-state index is 13.0. The molecule has 0 saturated heterocycles. The summed E-state index contributed by atoms with van der Waals surface area (Å²) >= 11 is 1.31. The van der Waals surface area contributed by atoms with E-state index in [2.05, 4.69) is 5.32 Å². The highest BCUT2D eigenvalue weighted by atomic mass is 32.2. The largest absolute Gasteiger partial charge is 0.325 e. The van der Waals surface area contributed by atoms with Gasteiger partial charge in [0, 0.05) is 11.7 Å². The Morgan fingerprint density at radius 1 is 1.18 bits per heavy atom. The normalized spacial score (nSPS) is 13.3. The van der Waals surface area contributed by atoms with Crippen LogP contribution in [0.3, 0.4) is 0 Å². The van der Waals surface area contributed by atoms with Crippen LogP contribution in [0, 0.1) is 6.92 Å². The molecule has 0 aliphatic heterocycles. The van der Waals surface area contributed by atoms with E-state index < -0.39 is 5.25 Å². The Morgan fingerprint density at radius 3 is 2.64 bits per heavy atom. The molecule has 6 heteroatoms. The summed E-state index contributed by atoms with van der Waals surface area (Å²) in [7, 11) is 0. The van der Waals surface area contributed by atoms with E-state index in [-0.39, 0.29) is 17.5 Å². The quantitative estimate of drug-likeness (QED) is 0.481. The first-order valence-electron chi connectivity index (χ1n) is 9.46. The molecule has 1 N–H and O–H groups in total. The molecule has 0 spiro atoms. The Balaban J connectivity index is 1.91. The number of aromatic nitrogens is 2. The summed E-state index contributed by atoms with van der Waals surface area (Å²) in [6.45, 7) is 7.85. The van der Waals surface area contributed by atoms with Crippen molar-refractivity contribution >= 4 is 34.3 Å². The third-order valence-electron chi connectivity index (χ3n) is 4.74. The third kappa shape index (κ3) is 4.28. The molecule has 2 atom stereocenters. The van der Waals surface area contributed by atoms with Gasteiger partial charge in [-0.2, -0.15) is 0 Å². The molecule has 0 aliphatic rings. The second kappa shape index (κ2) is 8.61. The van der Waals surface area contributed by atoms with Gasteiger partial charge in [0.1, 0.15) is 0 Å². The average Bonchev–Trinajstić information content (AvgIpc) is 2.67. The van der Waals surface area contributed by atoms with E-state index in [1.165, 1.54) is 11.8 Å². The summed E-state index contributed by atoms with van der Waals surface area (Å²) in [5.74, 6) is -0.117. The van der Waals surface area contributed by atoms with E-state index in [9.17, 15) is 9.59 Å². The number of hydrogen-bond acceptors (Lipinski definition) is 4. The van der Waals surface area contributed by atoms with E-state index in [1.807, 2.05) is 70.2 Å². The van der Waals surface area contributed by atoms with Crippen LogP contribution >= 0.6 is 11.8 Å². The van der Waals surface area contributed by atoms with Crippen LogP contribution < -0.4 is 10.9 Å². The van der Waals surface area contributed by atoms with Gasteiger partial charge in [0.2, 0.25) is 5.91 Å². The zero-order chi connectivity index (χ0) is 20.3. The molecule has 3 rings (SSSR count). The van der Waals surface area contributed by atoms with Gasteiger partial charge in [-0.15, -0.1) is 0 Å². The van der Waals surface area contributed by atoms with Crippen LogP contribution in [0.1, 0.15) is 38.8 Å². The van der Waals surface area contributed by atoms with Gasteiger partial charge in [-0.25, -0.2) is 4.98 Å². The molecule has 3 aromatic rings. The summed E-state index contributed by atoms with van der Waals surface area (Å²) in [4.78, 5) is 30.4. The average molecular weight is 396 g/mol. The highest BCUT2D eigenvalue weighted by Crippen LogP contribution is 2.26. The van der Waals surface area contributed by atoms with Crippen LogP contribution in [0.4, 0.5) is 5.69 Å². The molecule has 2 aromatic carbocycles. The first-order chi connectivity index (χ1) is 13.4. The van der Waals surface area contributed by atoms with Crippen LogP contribution in [-0.2, 0) is 4.79 Å². The van der Waals surface area contributed by atoms with Crippen LogP contribution in [0.25, 0.3) is 10.9 Å². The number of thioether (sulfide) groups is 1. The zero-order valence-corrected chi connectivity index (χ0v) is 17.4. The number of rotatable bonds is 6. The zero-order valence-electron chi connectivity index (χ0n) is 16.6. The molecule has 1 aromatic heterocycles. The van der Waals surface area contributed by atoms with Gasteiger partial charge in [0.05, 0.1) is 16.2 Å².